The van der Waals surface area contributed by atoms with Gasteiger partial charge in [-0.15, -0.1) is 0 Å². The van der Waals surface area contributed by atoms with Crippen LogP contribution in [0.3, 0.4) is 0 Å². The maximum absolute atomic E-state index is 14.0. The van der Waals surface area contributed by atoms with E-state index in [0.717, 1.165) is 25.7 Å². The number of rotatable bonds is 10. The van der Waals surface area contributed by atoms with E-state index < -0.39 is 11.7 Å². The van der Waals surface area contributed by atoms with Crippen LogP contribution in [0.25, 0.3) is 0 Å². The highest BCUT2D eigenvalue weighted by atomic mass is 19.2. The Bertz CT molecular complexity index is 356. The van der Waals surface area contributed by atoms with Crippen LogP contribution >= 0.6 is 0 Å². The van der Waals surface area contributed by atoms with E-state index in [1.165, 1.54) is 0 Å². The van der Waals surface area contributed by atoms with Crippen molar-refractivity contribution in [2.24, 2.45) is 11.8 Å². The minimum absolute atomic E-state index is 0.0911. The monoisotopic (exact) mass is 286 g/mol. The van der Waals surface area contributed by atoms with Crippen molar-refractivity contribution in [2.45, 2.75) is 53.4 Å². The molecule has 0 heterocycles. The normalized spacial score (nSPS) is 13.9. The first-order valence-corrected chi connectivity index (χ1v) is 7.37. The molecule has 0 bridgehead atoms. The number of hydrogen-bond donors (Lipinski definition) is 0. The molecule has 0 radical (unpaired) electrons. The van der Waals surface area contributed by atoms with Crippen LogP contribution in [-0.4, -0.2) is 6.61 Å². The maximum Gasteiger partial charge on any atom is 0.200 e. The van der Waals surface area contributed by atoms with Crippen LogP contribution in [-0.2, 0) is 4.74 Å². The molecular formula is C17H28F2O. The molecule has 0 aliphatic rings. The van der Waals surface area contributed by atoms with Crippen molar-refractivity contribution in [1.29, 1.82) is 0 Å². The fourth-order valence-corrected chi connectivity index (χ4v) is 1.64. The topological polar surface area (TPSA) is 9.23 Å². The number of hydrogen-bond acceptors (Lipinski definition) is 1. The van der Waals surface area contributed by atoms with Gasteiger partial charge >= 0.3 is 0 Å². The first-order chi connectivity index (χ1) is 9.31. The van der Waals surface area contributed by atoms with Gasteiger partial charge in [-0.2, -0.15) is 4.39 Å². The van der Waals surface area contributed by atoms with Crippen molar-refractivity contribution in [3.05, 3.63) is 36.1 Å². The van der Waals surface area contributed by atoms with Gasteiger partial charge in [0.25, 0.3) is 0 Å². The minimum Gasteiger partial charge on any atom is -0.491 e. The average molecular weight is 286 g/mol. The summed E-state index contributed by atoms with van der Waals surface area (Å²) in [5.74, 6) is -1.75. The van der Waals surface area contributed by atoms with E-state index in [2.05, 4.69) is 27.0 Å². The Hall–Kier alpha value is -1.12. The first-order valence-electron chi connectivity index (χ1n) is 7.37. The van der Waals surface area contributed by atoms with Crippen molar-refractivity contribution in [1.82, 2.24) is 0 Å². The van der Waals surface area contributed by atoms with E-state index in [1.807, 2.05) is 13.8 Å². The van der Waals surface area contributed by atoms with Gasteiger partial charge in [0.05, 0.1) is 6.61 Å². The molecule has 0 aliphatic heterocycles. The smallest absolute Gasteiger partial charge is 0.200 e. The van der Waals surface area contributed by atoms with Gasteiger partial charge in [-0.05, 0) is 30.3 Å². The highest BCUT2D eigenvalue weighted by Crippen LogP contribution is 2.29. The molecule has 1 nitrogen and oxygen atoms in total. The summed E-state index contributed by atoms with van der Waals surface area (Å²) in [6.07, 6.45) is 3.48. The zero-order chi connectivity index (χ0) is 15.7. The fraction of sp³-hybridized carbons (Fsp3) is 0.647. The lowest BCUT2D eigenvalue weighted by molar-refractivity contribution is 0.203. The molecule has 0 saturated heterocycles. The van der Waals surface area contributed by atoms with Gasteiger partial charge in [0.2, 0.25) is 0 Å². The van der Waals surface area contributed by atoms with Gasteiger partial charge in [-0.1, -0.05) is 53.7 Å². The lowest BCUT2D eigenvalue weighted by atomic mass is 9.92. The molecule has 0 saturated carbocycles. The largest absolute Gasteiger partial charge is 0.491 e. The van der Waals surface area contributed by atoms with E-state index in [1.54, 1.807) is 0 Å². The molecule has 0 amide bonds. The van der Waals surface area contributed by atoms with Gasteiger partial charge in [0, 0.05) is 0 Å². The molecule has 0 spiro atoms. The summed E-state index contributed by atoms with van der Waals surface area (Å²) in [6.45, 7) is 15.5. The molecule has 116 valence electrons. The molecule has 1 atom stereocenters. The van der Waals surface area contributed by atoms with Crippen LogP contribution in [0.15, 0.2) is 36.1 Å². The van der Waals surface area contributed by atoms with E-state index in [4.69, 9.17) is 4.74 Å². The zero-order valence-electron chi connectivity index (χ0n) is 13.3. The second kappa shape index (κ2) is 9.73. The molecule has 3 heteroatoms. The average Bonchev–Trinajstić information content (AvgIpc) is 2.42. The van der Waals surface area contributed by atoms with Crippen molar-refractivity contribution in [2.75, 3.05) is 6.61 Å². The molecule has 0 aromatic carbocycles. The predicted octanol–water partition coefficient (Wildman–Crippen LogP) is 6.10. The summed E-state index contributed by atoms with van der Waals surface area (Å²) in [6, 6.07) is 0. The summed E-state index contributed by atoms with van der Waals surface area (Å²) >= 11 is 0. The second-order valence-corrected chi connectivity index (χ2v) is 5.65. The Morgan fingerprint density at radius 3 is 2.15 bits per heavy atom. The van der Waals surface area contributed by atoms with Gasteiger partial charge in [-0.25, -0.2) is 4.39 Å². The van der Waals surface area contributed by atoms with E-state index in [9.17, 15) is 8.78 Å². The molecule has 0 aromatic heterocycles. The van der Waals surface area contributed by atoms with E-state index in [-0.39, 0.29) is 17.3 Å². The van der Waals surface area contributed by atoms with E-state index in [0.29, 0.717) is 12.5 Å². The molecule has 1 unspecified atom stereocenters. The fourth-order valence-electron chi connectivity index (χ4n) is 1.64. The summed E-state index contributed by atoms with van der Waals surface area (Å²) in [5, 5.41) is 0. The van der Waals surface area contributed by atoms with Gasteiger partial charge in [0.1, 0.15) is 0 Å². The number of unbranched alkanes of at least 4 members (excludes halogenated alkanes) is 1. The number of ether oxygens (including phenoxy) is 1. The lowest BCUT2D eigenvalue weighted by Gasteiger charge is -2.15. The lowest BCUT2D eigenvalue weighted by Crippen LogP contribution is -2.04. The van der Waals surface area contributed by atoms with Crippen LogP contribution in [0.5, 0.6) is 0 Å². The third-order valence-corrected chi connectivity index (χ3v) is 3.27. The summed E-state index contributed by atoms with van der Waals surface area (Å²) < 4.78 is 32.9. The Kier molecular flexibility index (Phi) is 9.19. The standard InChI is InChI=1S/C17H28F2O/c1-7-8-11-20-15(6)17(19)16(18)14(5)13(4)10-9-12(2)3/h12-13H,5-11H2,1-4H3/b17-16-. The Morgan fingerprint density at radius 2 is 1.65 bits per heavy atom. The third kappa shape index (κ3) is 6.88. The third-order valence-electron chi connectivity index (χ3n) is 3.27. The SMILES string of the molecule is C=C(OCCCC)/C(F)=C(/F)C(=C)C(C)CCC(C)C. The Morgan fingerprint density at radius 1 is 1.05 bits per heavy atom. The first kappa shape index (κ1) is 18.9. The van der Waals surface area contributed by atoms with Crippen molar-refractivity contribution >= 4 is 0 Å². The number of allylic oxidation sites excluding steroid dienone is 3. The van der Waals surface area contributed by atoms with Crippen molar-refractivity contribution in [3.8, 4) is 0 Å². The molecular weight excluding hydrogens is 258 g/mol. The highest BCUT2D eigenvalue weighted by molar-refractivity contribution is 5.33. The van der Waals surface area contributed by atoms with Crippen LogP contribution in [0, 0.1) is 11.8 Å². The summed E-state index contributed by atoms with van der Waals surface area (Å²) in [7, 11) is 0. The molecule has 0 N–H and O–H groups in total. The number of halogens is 2. The van der Waals surface area contributed by atoms with E-state index >= 15 is 0 Å². The minimum atomic E-state index is -1.03. The van der Waals surface area contributed by atoms with Crippen molar-refractivity contribution < 1.29 is 13.5 Å². The Balaban J connectivity index is 4.57. The Labute approximate surface area is 122 Å². The summed E-state index contributed by atoms with van der Waals surface area (Å²) in [5.41, 5.74) is 0.184. The quantitative estimate of drug-likeness (QED) is 0.268. The zero-order valence-corrected chi connectivity index (χ0v) is 13.3. The van der Waals surface area contributed by atoms with Gasteiger partial charge in [-0.3, -0.25) is 0 Å². The van der Waals surface area contributed by atoms with Crippen LogP contribution in [0.1, 0.15) is 53.4 Å². The second-order valence-electron chi connectivity index (χ2n) is 5.65. The molecule has 20 heavy (non-hydrogen) atoms. The van der Waals surface area contributed by atoms with Gasteiger partial charge < -0.3 is 4.74 Å². The summed E-state index contributed by atoms with van der Waals surface area (Å²) in [4.78, 5) is 0. The molecule has 0 fully saturated rings. The molecule has 0 aliphatic carbocycles. The maximum atomic E-state index is 14.0. The van der Waals surface area contributed by atoms with Crippen LogP contribution in [0.2, 0.25) is 0 Å². The molecule has 0 aromatic rings. The highest BCUT2D eigenvalue weighted by Gasteiger charge is 2.18. The van der Waals surface area contributed by atoms with Crippen LogP contribution < -0.4 is 0 Å². The molecule has 0 rings (SSSR count). The van der Waals surface area contributed by atoms with Crippen LogP contribution in [0.4, 0.5) is 8.78 Å². The predicted molar refractivity (Wildman–Crippen MR) is 81.6 cm³/mol. The van der Waals surface area contributed by atoms with Crippen molar-refractivity contribution in [3.63, 3.8) is 0 Å². The van der Waals surface area contributed by atoms with Gasteiger partial charge in [0.15, 0.2) is 17.4 Å².